The monoisotopic (exact) mass is 1120 g/mol. The van der Waals surface area contributed by atoms with Crippen LogP contribution in [-0.4, -0.2) is 238 Å². The third-order valence-corrected chi connectivity index (χ3v) is 15.9. The van der Waals surface area contributed by atoms with Crippen LogP contribution in [0.2, 0.25) is 0 Å². The topological polar surface area (TPSA) is 357 Å². The number of amides is 10. The predicted molar refractivity (Wildman–Crippen MR) is 289 cm³/mol. The highest BCUT2D eigenvalue weighted by Gasteiger charge is 2.40. The fourth-order valence-corrected chi connectivity index (χ4v) is 11.3. The standard InChI is InChI=1S/C50H64N14O12S2/c1-59-23-31(57-45(71)41-37(65)19-27-11-7-9-13-29(27)55-41)43(69)53-21-39(67)62(4)36-26-78-77-25-35(49(75)63(5)33(15-17-51)47(59)73)61(3)40(68)22-54-44(70)32(24-60(2)48(74)34(16-18-52)64(6)50(36)76)58-46(72)42-38(66)20-28-12-8-10-14-30(28)56-42/h7-14,19-20,31-36,65-66H,15-18,21-26,51-52H2,1-6H3,(H,53,69)(H,54,70)(H,57,71)(H,58,72)/t31-,32-,33+,34+,35+,36+/m1/s1. The second-order valence-electron chi connectivity index (χ2n) is 18.7. The quantitative estimate of drug-likeness (QED) is 0.0857. The van der Waals surface area contributed by atoms with E-state index in [1.807, 2.05) is 0 Å². The van der Waals surface area contributed by atoms with Gasteiger partial charge in [-0.1, -0.05) is 58.0 Å². The Hall–Kier alpha value is -7.82. The Morgan fingerprint density at radius 1 is 0.577 bits per heavy atom. The lowest BCUT2D eigenvalue weighted by molar-refractivity contribution is -0.150. The van der Waals surface area contributed by atoms with Crippen LogP contribution in [0.1, 0.15) is 33.8 Å². The Bertz CT molecular complexity index is 2780. The molecule has 6 rings (SSSR count). The Labute approximate surface area is 456 Å². The van der Waals surface area contributed by atoms with Gasteiger partial charge in [0.2, 0.25) is 47.3 Å². The van der Waals surface area contributed by atoms with E-state index in [1.165, 1.54) is 54.4 Å². The number of nitrogens with two attached hydrogens (primary N) is 2. The lowest BCUT2D eigenvalue weighted by atomic mass is 10.1. The van der Waals surface area contributed by atoms with Crippen molar-refractivity contribution in [2.75, 3.05) is 93.1 Å². The molecule has 0 radical (unpaired) electrons. The van der Waals surface area contributed by atoms with Crippen LogP contribution in [0, 0.1) is 0 Å². The van der Waals surface area contributed by atoms with Crippen molar-refractivity contribution in [1.29, 1.82) is 0 Å². The van der Waals surface area contributed by atoms with Gasteiger partial charge in [-0.05, 0) is 50.2 Å². The average molecular weight is 1120 g/mol. The summed E-state index contributed by atoms with van der Waals surface area (Å²) >= 11 is 0. The molecule has 26 nitrogen and oxygen atoms in total. The van der Waals surface area contributed by atoms with Gasteiger partial charge in [-0.2, -0.15) is 0 Å². The third-order valence-electron chi connectivity index (χ3n) is 13.5. The van der Waals surface area contributed by atoms with Gasteiger partial charge in [-0.15, -0.1) is 0 Å². The summed E-state index contributed by atoms with van der Waals surface area (Å²) in [5.41, 5.74) is 11.8. The lowest BCUT2D eigenvalue weighted by Crippen LogP contribution is -2.60. The summed E-state index contributed by atoms with van der Waals surface area (Å²) in [6.45, 7) is -2.86. The van der Waals surface area contributed by atoms with Crippen LogP contribution in [0.25, 0.3) is 21.8 Å². The first-order chi connectivity index (χ1) is 37.1. The zero-order chi connectivity index (χ0) is 57.1. The first kappa shape index (κ1) is 59.4. The fraction of sp³-hybridized carbons (Fsp3) is 0.440. The number of rotatable bonds is 8. The van der Waals surface area contributed by atoms with Gasteiger partial charge < -0.3 is 72.3 Å². The number of likely N-dealkylation sites (N-methyl/N-ethyl adjacent to an activating group) is 6. The summed E-state index contributed by atoms with van der Waals surface area (Å²) in [5, 5.41) is 32.7. The molecule has 0 unspecified atom stereocenters. The van der Waals surface area contributed by atoms with Gasteiger partial charge in [0.1, 0.15) is 47.8 Å². The van der Waals surface area contributed by atoms with E-state index in [1.54, 1.807) is 48.5 Å². The van der Waals surface area contributed by atoms with Crippen LogP contribution in [0.4, 0.5) is 0 Å². The van der Waals surface area contributed by atoms with E-state index in [2.05, 4.69) is 31.2 Å². The predicted octanol–water partition coefficient (Wildman–Crippen LogP) is -2.35. The first-order valence-electron chi connectivity index (χ1n) is 24.6. The highest BCUT2D eigenvalue weighted by Crippen LogP contribution is 2.29. The molecular weight excluding hydrogens is 1050 g/mol. The van der Waals surface area contributed by atoms with Crippen LogP contribution in [-0.2, 0) is 38.4 Å². The largest absolute Gasteiger partial charge is 0.505 e. The Kier molecular flexibility index (Phi) is 20.2. The number of nitrogens with zero attached hydrogens (tertiary/aromatic N) is 8. The number of hydrogen-bond donors (Lipinski definition) is 8. The molecule has 2 aliphatic heterocycles. The summed E-state index contributed by atoms with van der Waals surface area (Å²) < 4.78 is 0. The number of nitrogens with one attached hydrogen (secondary N) is 4. The van der Waals surface area contributed by atoms with Gasteiger partial charge in [0.25, 0.3) is 11.8 Å². The summed E-state index contributed by atoms with van der Waals surface area (Å²) in [6, 6.07) is 7.26. The number of aromatic nitrogens is 2. The van der Waals surface area contributed by atoms with E-state index in [-0.39, 0.29) is 37.4 Å². The van der Waals surface area contributed by atoms with Crippen LogP contribution in [0.3, 0.4) is 0 Å². The second kappa shape index (κ2) is 26.5. The number of para-hydroxylation sites is 2. The molecule has 10 N–H and O–H groups in total. The average Bonchev–Trinajstić information content (AvgIpc) is 3.48. The Morgan fingerprint density at radius 3 is 1.29 bits per heavy atom. The van der Waals surface area contributed by atoms with Crippen LogP contribution < -0.4 is 32.7 Å². The van der Waals surface area contributed by atoms with E-state index in [9.17, 15) is 58.2 Å². The smallest absolute Gasteiger partial charge is 0.274 e. The second-order valence-corrected chi connectivity index (χ2v) is 21.3. The number of carbonyl (C=O) groups is 10. The molecule has 28 heteroatoms. The van der Waals surface area contributed by atoms with Crippen molar-refractivity contribution in [2.45, 2.75) is 49.1 Å². The minimum absolute atomic E-state index is 0.119. The van der Waals surface area contributed by atoms with Gasteiger partial charge in [0.05, 0.1) is 24.1 Å². The number of fused-ring (bicyclic) bond motifs is 7. The highest BCUT2D eigenvalue weighted by atomic mass is 33.1. The van der Waals surface area contributed by atoms with Gasteiger partial charge >= 0.3 is 0 Å². The molecule has 2 aromatic carbocycles. The number of aromatic hydroxyl groups is 2. The summed E-state index contributed by atoms with van der Waals surface area (Å²) in [7, 11) is 9.95. The normalized spacial score (nSPS) is 22.6. The maximum absolute atomic E-state index is 14.8. The molecule has 10 amide bonds. The van der Waals surface area contributed by atoms with E-state index in [0.717, 1.165) is 51.0 Å². The van der Waals surface area contributed by atoms with Gasteiger partial charge in [0.15, 0.2) is 11.4 Å². The van der Waals surface area contributed by atoms with E-state index in [0.29, 0.717) is 21.8 Å². The summed E-state index contributed by atoms with van der Waals surface area (Å²) in [4.78, 5) is 158. The van der Waals surface area contributed by atoms with Gasteiger partial charge in [-0.3, -0.25) is 47.9 Å². The number of pyridine rings is 2. The van der Waals surface area contributed by atoms with Crippen LogP contribution in [0.15, 0.2) is 60.7 Å². The van der Waals surface area contributed by atoms with Crippen molar-refractivity contribution in [2.24, 2.45) is 11.5 Å². The molecule has 2 aliphatic rings. The van der Waals surface area contributed by atoms with Crippen molar-refractivity contribution < 1.29 is 58.2 Å². The SMILES string of the molecule is CN1C[C@@H](NC(=O)c2nc3ccccc3cc2O)C(=O)NCC(=O)N(C)[C@H]2CSSC[C@@H](C(=O)N(C)[C@@H](CCN)C1=O)N(C)C(=O)CNC(=O)[C@H](NC(=O)c1nc3ccccc3cc1O)CN(C)C(=O)[C@H](CCN)N(C)C2=O. The third kappa shape index (κ3) is 13.8. The molecule has 2 bridgehead atoms. The Morgan fingerprint density at radius 2 is 0.936 bits per heavy atom. The van der Waals surface area contributed by atoms with Crippen molar-refractivity contribution >= 4 is 102 Å². The number of benzene rings is 2. The molecule has 4 aromatic rings. The fourth-order valence-electron chi connectivity index (χ4n) is 8.77. The molecule has 6 atom stereocenters. The highest BCUT2D eigenvalue weighted by molar-refractivity contribution is 8.76. The van der Waals surface area contributed by atoms with Gasteiger partial charge in [0, 0.05) is 77.7 Å². The van der Waals surface area contributed by atoms with Crippen molar-refractivity contribution in [1.82, 2.24) is 60.6 Å². The maximum atomic E-state index is 14.8. The zero-order valence-electron chi connectivity index (χ0n) is 43.8. The molecular formula is C50H64N14O12S2. The lowest BCUT2D eigenvalue weighted by Gasteiger charge is -2.37. The molecule has 418 valence electrons. The number of carbonyl (C=O) groups excluding carboxylic acids is 10. The molecule has 2 fully saturated rings. The minimum Gasteiger partial charge on any atom is -0.505 e. The molecule has 0 aliphatic carbocycles. The summed E-state index contributed by atoms with van der Waals surface area (Å²) in [6.07, 6.45) is -0.239. The van der Waals surface area contributed by atoms with Crippen molar-refractivity contribution in [3.63, 3.8) is 0 Å². The Balaban J connectivity index is 1.39. The molecule has 0 saturated carbocycles. The van der Waals surface area contributed by atoms with E-state index < -0.39 is 144 Å². The number of hydrogen-bond acceptors (Lipinski definition) is 18. The van der Waals surface area contributed by atoms with Crippen LogP contribution >= 0.6 is 21.6 Å². The molecule has 2 aromatic heterocycles. The van der Waals surface area contributed by atoms with E-state index in [4.69, 9.17) is 11.5 Å². The zero-order valence-corrected chi connectivity index (χ0v) is 45.5. The molecule has 4 heterocycles. The first-order valence-corrected chi connectivity index (χ1v) is 27.1. The minimum atomic E-state index is -1.63. The van der Waals surface area contributed by atoms with Gasteiger partial charge in [-0.25, -0.2) is 9.97 Å². The van der Waals surface area contributed by atoms with Crippen molar-refractivity contribution in [3.8, 4) is 11.5 Å². The van der Waals surface area contributed by atoms with Crippen LogP contribution in [0.5, 0.6) is 11.5 Å². The molecule has 2 saturated heterocycles. The molecule has 78 heavy (non-hydrogen) atoms. The van der Waals surface area contributed by atoms with E-state index >= 15 is 0 Å². The van der Waals surface area contributed by atoms with Crippen molar-refractivity contribution in [3.05, 3.63) is 72.1 Å². The molecule has 0 spiro atoms. The maximum Gasteiger partial charge on any atom is 0.274 e. The summed E-state index contributed by atoms with van der Waals surface area (Å²) in [5.74, 6) is -10.0.